The van der Waals surface area contributed by atoms with Gasteiger partial charge in [-0.15, -0.1) is 0 Å². The molecule has 116 valence electrons. The Bertz CT molecular complexity index is 686. The molecule has 0 bridgehead atoms. The summed E-state index contributed by atoms with van der Waals surface area (Å²) in [6, 6.07) is 8.65. The molecule has 4 nitrogen and oxygen atoms in total. The van der Waals surface area contributed by atoms with Gasteiger partial charge in [-0.3, -0.25) is 4.79 Å². The van der Waals surface area contributed by atoms with Gasteiger partial charge in [0.15, 0.2) is 11.6 Å². The number of amides is 1. The number of carbonyl (C=O) groups is 1. The van der Waals surface area contributed by atoms with Gasteiger partial charge in [0.2, 0.25) is 5.91 Å². The largest absolute Gasteiger partial charge is 0.506 e. The van der Waals surface area contributed by atoms with Gasteiger partial charge in [-0.1, -0.05) is 25.5 Å². The molecule has 0 radical (unpaired) electrons. The summed E-state index contributed by atoms with van der Waals surface area (Å²) in [5, 5.41) is 21.7. The number of phenols is 2. The predicted octanol–water partition coefficient (Wildman–Crippen LogP) is 4.03. The Hall–Kier alpha value is -2.56. The monoisotopic (exact) mass is 303 g/mol. The number of phenolic OH excluding ortho intramolecular Hbond substituents is 2. The van der Waals surface area contributed by atoms with Crippen LogP contribution in [0, 0.1) is 5.82 Å². The minimum absolute atomic E-state index is 0.0483. The van der Waals surface area contributed by atoms with E-state index in [-0.39, 0.29) is 17.3 Å². The van der Waals surface area contributed by atoms with Crippen molar-refractivity contribution in [2.75, 3.05) is 5.32 Å². The number of carbonyl (C=O) groups excluding carboxylic acids is 1. The minimum atomic E-state index is -0.723. The van der Waals surface area contributed by atoms with Crippen LogP contribution in [0.15, 0.2) is 36.4 Å². The van der Waals surface area contributed by atoms with E-state index < -0.39 is 11.6 Å². The molecule has 0 saturated heterocycles. The lowest BCUT2D eigenvalue weighted by Crippen LogP contribution is -2.11. The number of anilines is 1. The number of rotatable bonds is 5. The van der Waals surface area contributed by atoms with Crippen molar-refractivity contribution in [2.45, 2.75) is 26.2 Å². The van der Waals surface area contributed by atoms with Crippen LogP contribution in [-0.4, -0.2) is 16.1 Å². The highest BCUT2D eigenvalue weighted by atomic mass is 19.1. The first kappa shape index (κ1) is 15.8. The average molecular weight is 303 g/mol. The standard InChI is InChI=1S/C17H18FNO3/c1-2-3-4-17(22)19-14-10-12(6-8-16(14)21)11-5-7-15(20)13(18)9-11/h5-10,20-21H,2-4H2,1H3,(H,19,22). The summed E-state index contributed by atoms with van der Waals surface area (Å²) in [7, 11) is 0. The lowest BCUT2D eigenvalue weighted by atomic mass is 10.0. The highest BCUT2D eigenvalue weighted by molar-refractivity contribution is 5.93. The third-order valence-electron chi connectivity index (χ3n) is 3.31. The molecular weight excluding hydrogens is 285 g/mol. The molecule has 0 aliphatic carbocycles. The molecule has 0 spiro atoms. The van der Waals surface area contributed by atoms with Gasteiger partial charge in [0.25, 0.3) is 0 Å². The lowest BCUT2D eigenvalue weighted by Gasteiger charge is -2.10. The first-order valence-electron chi connectivity index (χ1n) is 7.13. The zero-order valence-electron chi connectivity index (χ0n) is 12.3. The second-order valence-electron chi connectivity index (χ2n) is 5.05. The fraction of sp³-hybridized carbons (Fsp3) is 0.235. The van der Waals surface area contributed by atoms with Crippen molar-refractivity contribution in [3.63, 3.8) is 0 Å². The molecule has 0 aliphatic heterocycles. The molecule has 2 rings (SSSR count). The third-order valence-corrected chi connectivity index (χ3v) is 3.31. The predicted molar refractivity (Wildman–Crippen MR) is 83.3 cm³/mol. The summed E-state index contributed by atoms with van der Waals surface area (Å²) in [5.41, 5.74) is 1.45. The van der Waals surface area contributed by atoms with Gasteiger partial charge < -0.3 is 15.5 Å². The molecule has 0 aromatic heterocycles. The molecule has 0 atom stereocenters. The first-order valence-corrected chi connectivity index (χ1v) is 7.13. The van der Waals surface area contributed by atoms with E-state index >= 15 is 0 Å². The van der Waals surface area contributed by atoms with E-state index in [0.29, 0.717) is 17.5 Å². The van der Waals surface area contributed by atoms with Crippen LogP contribution in [0.1, 0.15) is 26.2 Å². The highest BCUT2D eigenvalue weighted by Gasteiger charge is 2.09. The third kappa shape index (κ3) is 3.75. The van der Waals surface area contributed by atoms with Crippen molar-refractivity contribution < 1.29 is 19.4 Å². The van der Waals surface area contributed by atoms with Crippen molar-refractivity contribution in [2.24, 2.45) is 0 Å². The van der Waals surface area contributed by atoms with Crippen LogP contribution in [0.2, 0.25) is 0 Å². The van der Waals surface area contributed by atoms with Crippen LogP contribution in [0.4, 0.5) is 10.1 Å². The van der Waals surface area contributed by atoms with Gasteiger partial charge in [-0.05, 0) is 41.8 Å². The van der Waals surface area contributed by atoms with Crippen LogP contribution < -0.4 is 5.32 Å². The van der Waals surface area contributed by atoms with Crippen molar-refractivity contribution in [3.05, 3.63) is 42.2 Å². The maximum Gasteiger partial charge on any atom is 0.224 e. The van der Waals surface area contributed by atoms with E-state index in [4.69, 9.17) is 0 Å². The fourth-order valence-corrected chi connectivity index (χ4v) is 2.05. The van der Waals surface area contributed by atoms with Gasteiger partial charge in [-0.25, -0.2) is 4.39 Å². The van der Waals surface area contributed by atoms with Crippen LogP contribution in [0.25, 0.3) is 11.1 Å². The highest BCUT2D eigenvalue weighted by Crippen LogP contribution is 2.31. The van der Waals surface area contributed by atoms with E-state index in [1.807, 2.05) is 6.92 Å². The summed E-state index contributed by atoms with van der Waals surface area (Å²) in [6.07, 6.45) is 2.07. The van der Waals surface area contributed by atoms with E-state index in [9.17, 15) is 19.4 Å². The van der Waals surface area contributed by atoms with Gasteiger partial charge in [0.05, 0.1) is 5.69 Å². The van der Waals surface area contributed by atoms with E-state index in [2.05, 4.69) is 5.32 Å². The maximum atomic E-state index is 13.4. The maximum absolute atomic E-state index is 13.4. The van der Waals surface area contributed by atoms with Crippen LogP contribution in [-0.2, 0) is 4.79 Å². The smallest absolute Gasteiger partial charge is 0.224 e. The molecule has 0 saturated carbocycles. The topological polar surface area (TPSA) is 69.6 Å². The number of unbranched alkanes of at least 4 members (excludes halogenated alkanes) is 1. The van der Waals surface area contributed by atoms with Gasteiger partial charge in [-0.2, -0.15) is 0 Å². The second-order valence-corrected chi connectivity index (χ2v) is 5.05. The molecule has 1 amide bonds. The summed E-state index contributed by atoms with van der Waals surface area (Å²) in [4.78, 5) is 11.8. The van der Waals surface area contributed by atoms with E-state index in [1.54, 1.807) is 18.2 Å². The fourth-order valence-electron chi connectivity index (χ4n) is 2.05. The zero-order valence-corrected chi connectivity index (χ0v) is 12.3. The Morgan fingerprint density at radius 2 is 1.73 bits per heavy atom. The van der Waals surface area contributed by atoms with Crippen molar-refractivity contribution in [1.29, 1.82) is 0 Å². The Morgan fingerprint density at radius 3 is 2.36 bits per heavy atom. The Balaban J connectivity index is 2.26. The lowest BCUT2D eigenvalue weighted by molar-refractivity contribution is -0.116. The van der Waals surface area contributed by atoms with Crippen LogP contribution in [0.3, 0.4) is 0 Å². The number of hydrogen-bond donors (Lipinski definition) is 3. The second kappa shape index (κ2) is 6.93. The summed E-state index contributed by atoms with van der Waals surface area (Å²) in [6.45, 7) is 1.99. The summed E-state index contributed by atoms with van der Waals surface area (Å²) < 4.78 is 13.4. The molecule has 0 fully saturated rings. The van der Waals surface area contributed by atoms with Crippen molar-refractivity contribution in [3.8, 4) is 22.6 Å². The molecular formula is C17H18FNO3. The number of hydrogen-bond acceptors (Lipinski definition) is 3. The molecule has 22 heavy (non-hydrogen) atoms. The van der Waals surface area contributed by atoms with Gasteiger partial charge >= 0.3 is 0 Å². The van der Waals surface area contributed by atoms with Gasteiger partial charge in [0.1, 0.15) is 5.75 Å². The quantitative estimate of drug-likeness (QED) is 0.730. The zero-order chi connectivity index (χ0) is 16.1. The number of benzene rings is 2. The summed E-state index contributed by atoms with van der Waals surface area (Å²) in [5.74, 6) is -1.37. The van der Waals surface area contributed by atoms with Crippen LogP contribution in [0.5, 0.6) is 11.5 Å². The Labute approximate surface area is 128 Å². The average Bonchev–Trinajstić information content (AvgIpc) is 2.50. The minimum Gasteiger partial charge on any atom is -0.506 e. The van der Waals surface area contributed by atoms with Crippen LogP contribution >= 0.6 is 0 Å². The molecule has 3 N–H and O–H groups in total. The Morgan fingerprint density at radius 1 is 1.09 bits per heavy atom. The van der Waals surface area contributed by atoms with E-state index in [0.717, 1.165) is 12.8 Å². The molecule has 0 aliphatic rings. The SMILES string of the molecule is CCCCC(=O)Nc1cc(-c2ccc(O)c(F)c2)ccc1O. The summed E-state index contributed by atoms with van der Waals surface area (Å²) >= 11 is 0. The molecule has 0 heterocycles. The van der Waals surface area contributed by atoms with E-state index in [1.165, 1.54) is 18.2 Å². The molecule has 2 aromatic carbocycles. The number of nitrogens with one attached hydrogen (secondary N) is 1. The van der Waals surface area contributed by atoms with Crippen molar-refractivity contribution in [1.82, 2.24) is 0 Å². The van der Waals surface area contributed by atoms with Gasteiger partial charge in [0, 0.05) is 6.42 Å². The van der Waals surface area contributed by atoms with Crippen molar-refractivity contribution >= 4 is 11.6 Å². The number of halogens is 1. The number of aromatic hydroxyl groups is 2. The molecule has 0 unspecified atom stereocenters. The molecule has 2 aromatic rings. The first-order chi connectivity index (χ1) is 10.5. The normalized spacial score (nSPS) is 10.5. The Kier molecular flexibility index (Phi) is 4.99. The molecule has 5 heteroatoms.